The van der Waals surface area contributed by atoms with Crippen molar-refractivity contribution in [3.63, 3.8) is 0 Å². The molecule has 1 heterocycles. The fourth-order valence-corrected chi connectivity index (χ4v) is 8.04. The van der Waals surface area contributed by atoms with E-state index in [9.17, 15) is 4.79 Å². The molecule has 3 heteroatoms. The van der Waals surface area contributed by atoms with E-state index in [0.29, 0.717) is 29.2 Å². The first-order valence-corrected chi connectivity index (χ1v) is 10.6. The summed E-state index contributed by atoms with van der Waals surface area (Å²) in [5.74, 6) is 2.71. The molecule has 138 valence electrons. The zero-order valence-electron chi connectivity index (χ0n) is 16.0. The summed E-state index contributed by atoms with van der Waals surface area (Å²) in [4.78, 5) is 12.9. The fourth-order valence-electron chi connectivity index (χ4n) is 8.04. The lowest BCUT2D eigenvalue weighted by molar-refractivity contribution is -0.156. The lowest BCUT2D eigenvalue weighted by atomic mass is 9.47. The average Bonchev–Trinajstić information content (AvgIpc) is 3.11. The third-order valence-corrected chi connectivity index (χ3v) is 9.33. The van der Waals surface area contributed by atoms with E-state index in [2.05, 4.69) is 32.3 Å². The van der Waals surface area contributed by atoms with Gasteiger partial charge in [-0.15, -0.1) is 0 Å². The first-order chi connectivity index (χ1) is 12.0. The van der Waals surface area contributed by atoms with Crippen molar-refractivity contribution in [3.05, 3.63) is 11.6 Å². The van der Waals surface area contributed by atoms with Crippen LogP contribution in [-0.2, 0) is 9.53 Å². The van der Waals surface area contributed by atoms with Crippen LogP contribution in [0.5, 0.6) is 0 Å². The van der Waals surface area contributed by atoms with Crippen molar-refractivity contribution in [2.75, 3.05) is 7.05 Å². The molecule has 1 saturated heterocycles. The molecule has 0 amide bonds. The Labute approximate surface area is 152 Å². The summed E-state index contributed by atoms with van der Waals surface area (Å²) >= 11 is 0. The molecule has 8 atom stereocenters. The topological polar surface area (TPSA) is 38.3 Å². The summed E-state index contributed by atoms with van der Waals surface area (Å²) in [5, 5.41) is 3.50. The number of ether oxygens (including phenoxy) is 1. The lowest BCUT2D eigenvalue weighted by Gasteiger charge is -2.57. The number of carbonyl (C=O) groups is 1. The normalized spacial score (nSPS) is 54.0. The molecular weight excluding hydrogens is 310 g/mol. The molecule has 25 heavy (non-hydrogen) atoms. The zero-order valence-corrected chi connectivity index (χ0v) is 16.0. The summed E-state index contributed by atoms with van der Waals surface area (Å²) in [6, 6.07) is 0.660. The van der Waals surface area contributed by atoms with Gasteiger partial charge in [-0.2, -0.15) is 0 Å². The number of cyclic esters (lactones) is 1. The van der Waals surface area contributed by atoms with E-state index in [1.54, 1.807) is 5.57 Å². The minimum absolute atomic E-state index is 0.121. The van der Waals surface area contributed by atoms with Gasteiger partial charge in [0.15, 0.2) is 0 Å². The molecule has 1 unspecified atom stereocenters. The Balaban J connectivity index is 1.49. The quantitative estimate of drug-likeness (QED) is 0.576. The maximum absolute atomic E-state index is 12.9. The minimum atomic E-state index is -0.121. The molecule has 1 N–H and O–H groups in total. The molecule has 3 saturated carbocycles. The zero-order chi connectivity index (χ0) is 17.4. The standard InChI is InChI=1S/C22H33NO2/c1-13-17-6-7-19-16-5-4-14-12-15(23-3)8-10-21(14,2)18(16)9-11-22(17,19)20(24)25-13/h4,13,15-19,23H,5-12H2,1-3H3/t13?,15-,16-,17-,18+,19+,21+,22+/m1/s1. The summed E-state index contributed by atoms with van der Waals surface area (Å²) < 4.78 is 5.77. The first kappa shape index (κ1) is 16.4. The molecule has 0 aromatic heterocycles. The van der Waals surface area contributed by atoms with Gasteiger partial charge in [-0.3, -0.25) is 4.79 Å². The Bertz CT molecular complexity index is 628. The molecule has 4 fully saturated rings. The van der Waals surface area contributed by atoms with Crippen LogP contribution in [0.3, 0.4) is 0 Å². The Morgan fingerprint density at radius 3 is 2.72 bits per heavy atom. The number of hydrogen-bond acceptors (Lipinski definition) is 3. The second-order valence-electron chi connectivity index (χ2n) is 9.86. The second-order valence-corrected chi connectivity index (χ2v) is 9.86. The molecule has 4 aliphatic carbocycles. The number of nitrogens with one attached hydrogen (secondary N) is 1. The Morgan fingerprint density at radius 2 is 1.92 bits per heavy atom. The minimum Gasteiger partial charge on any atom is -0.462 e. The molecule has 5 rings (SSSR count). The van der Waals surface area contributed by atoms with Crippen molar-refractivity contribution in [2.45, 2.75) is 77.4 Å². The van der Waals surface area contributed by atoms with Crippen molar-refractivity contribution < 1.29 is 9.53 Å². The van der Waals surface area contributed by atoms with Crippen LogP contribution in [0.2, 0.25) is 0 Å². The Kier molecular flexibility index (Phi) is 3.49. The van der Waals surface area contributed by atoms with E-state index >= 15 is 0 Å². The van der Waals surface area contributed by atoms with Crippen LogP contribution in [0.4, 0.5) is 0 Å². The second kappa shape index (κ2) is 5.34. The molecular formula is C22H33NO2. The fraction of sp³-hybridized carbons (Fsp3) is 0.864. The van der Waals surface area contributed by atoms with Crippen molar-refractivity contribution in [2.24, 2.45) is 34.5 Å². The van der Waals surface area contributed by atoms with Gasteiger partial charge in [0.2, 0.25) is 0 Å². The van der Waals surface area contributed by atoms with E-state index in [1.165, 1.54) is 44.9 Å². The van der Waals surface area contributed by atoms with Gasteiger partial charge in [-0.05, 0) is 88.5 Å². The molecule has 1 spiro atoms. The average molecular weight is 344 g/mol. The number of rotatable bonds is 1. The Morgan fingerprint density at radius 1 is 1.12 bits per heavy atom. The largest absolute Gasteiger partial charge is 0.462 e. The Hall–Kier alpha value is -0.830. The molecule has 0 aromatic carbocycles. The highest BCUT2D eigenvalue weighted by molar-refractivity contribution is 5.81. The summed E-state index contributed by atoms with van der Waals surface area (Å²) in [5.41, 5.74) is 1.97. The van der Waals surface area contributed by atoms with Crippen LogP contribution >= 0.6 is 0 Å². The van der Waals surface area contributed by atoms with Crippen molar-refractivity contribution in [1.82, 2.24) is 5.32 Å². The number of carbonyl (C=O) groups excluding carboxylic acids is 1. The van der Waals surface area contributed by atoms with E-state index in [0.717, 1.165) is 12.3 Å². The highest BCUT2D eigenvalue weighted by atomic mass is 16.6. The maximum atomic E-state index is 12.9. The third kappa shape index (κ3) is 1.94. The predicted octanol–water partition coefficient (Wildman–Crippen LogP) is 4.08. The third-order valence-electron chi connectivity index (χ3n) is 9.33. The van der Waals surface area contributed by atoms with Gasteiger partial charge in [0.25, 0.3) is 0 Å². The molecule has 3 nitrogen and oxygen atoms in total. The first-order valence-electron chi connectivity index (χ1n) is 10.6. The van der Waals surface area contributed by atoms with Gasteiger partial charge in [0.05, 0.1) is 5.41 Å². The summed E-state index contributed by atoms with van der Waals surface area (Å²) in [7, 11) is 2.11. The number of esters is 1. The van der Waals surface area contributed by atoms with Gasteiger partial charge in [-0.25, -0.2) is 0 Å². The molecule has 5 aliphatic rings. The van der Waals surface area contributed by atoms with E-state index in [4.69, 9.17) is 4.74 Å². The summed E-state index contributed by atoms with van der Waals surface area (Å²) in [6.45, 7) is 4.67. The molecule has 1 aliphatic heterocycles. The smallest absolute Gasteiger partial charge is 0.313 e. The van der Waals surface area contributed by atoms with E-state index < -0.39 is 0 Å². The van der Waals surface area contributed by atoms with Gasteiger partial charge in [0.1, 0.15) is 6.10 Å². The van der Waals surface area contributed by atoms with Gasteiger partial charge < -0.3 is 10.1 Å². The molecule has 0 bridgehead atoms. The number of allylic oxidation sites excluding steroid dienone is 1. The van der Waals surface area contributed by atoms with Crippen molar-refractivity contribution in [1.29, 1.82) is 0 Å². The van der Waals surface area contributed by atoms with E-state index in [1.807, 2.05) is 0 Å². The van der Waals surface area contributed by atoms with Crippen LogP contribution < -0.4 is 5.32 Å². The lowest BCUT2D eigenvalue weighted by Crippen LogP contribution is -2.53. The van der Waals surface area contributed by atoms with Gasteiger partial charge >= 0.3 is 5.97 Å². The van der Waals surface area contributed by atoms with Crippen molar-refractivity contribution >= 4 is 5.97 Å². The summed E-state index contributed by atoms with van der Waals surface area (Å²) in [6.07, 6.45) is 12.6. The van der Waals surface area contributed by atoms with Crippen LogP contribution in [0.25, 0.3) is 0 Å². The van der Waals surface area contributed by atoms with Gasteiger partial charge in [0, 0.05) is 12.0 Å². The molecule has 0 aromatic rings. The highest BCUT2D eigenvalue weighted by Crippen LogP contribution is 2.68. The van der Waals surface area contributed by atoms with Crippen molar-refractivity contribution in [3.8, 4) is 0 Å². The van der Waals surface area contributed by atoms with Crippen LogP contribution in [0.1, 0.15) is 65.2 Å². The van der Waals surface area contributed by atoms with Crippen LogP contribution in [0, 0.1) is 34.5 Å². The molecule has 0 radical (unpaired) electrons. The van der Waals surface area contributed by atoms with E-state index in [-0.39, 0.29) is 17.5 Å². The van der Waals surface area contributed by atoms with Gasteiger partial charge in [-0.1, -0.05) is 18.6 Å². The predicted molar refractivity (Wildman–Crippen MR) is 97.9 cm³/mol. The number of fused-ring (bicyclic) bond motifs is 4. The van der Waals surface area contributed by atoms with Crippen LogP contribution in [0.15, 0.2) is 11.6 Å². The monoisotopic (exact) mass is 343 g/mol. The highest BCUT2D eigenvalue weighted by Gasteiger charge is 2.68. The SMILES string of the molecule is CN[C@@H]1CC[C@@]2(C)C(=CC[C@H]3[C@@H]4CC[C@@H]5C(C)OC(=O)[C@@]54CC[C@@H]32)C1. The van der Waals surface area contributed by atoms with Crippen LogP contribution in [-0.4, -0.2) is 25.2 Å². The maximum Gasteiger partial charge on any atom is 0.313 e. The number of hydrogen-bond donors (Lipinski definition) is 1.